The van der Waals surface area contributed by atoms with E-state index in [-0.39, 0.29) is 12.1 Å². The van der Waals surface area contributed by atoms with Crippen molar-refractivity contribution < 1.29 is 4.52 Å². The summed E-state index contributed by atoms with van der Waals surface area (Å²) in [6.45, 7) is 0.151. The standard InChI is InChI=1S/C21H14ClN5O2/c22-16-9-5-4-8-15(16)20-23-19(29-25-20)13-26-10-11-27-18(21(26)28)12-17(24-27)14-6-2-1-3-7-14/h1-12H,13H2. The van der Waals surface area contributed by atoms with Crippen LogP contribution in [0.1, 0.15) is 5.89 Å². The van der Waals surface area contributed by atoms with E-state index in [9.17, 15) is 4.79 Å². The predicted molar refractivity (Wildman–Crippen MR) is 109 cm³/mol. The van der Waals surface area contributed by atoms with Gasteiger partial charge in [-0.05, 0) is 18.2 Å². The molecule has 0 radical (unpaired) electrons. The number of rotatable bonds is 4. The molecular formula is C21H14ClN5O2. The highest BCUT2D eigenvalue weighted by molar-refractivity contribution is 6.33. The van der Waals surface area contributed by atoms with E-state index in [0.29, 0.717) is 27.8 Å². The number of fused-ring (bicyclic) bond motifs is 1. The molecule has 8 heteroatoms. The molecule has 0 aliphatic rings. The molecule has 0 bridgehead atoms. The van der Waals surface area contributed by atoms with E-state index in [1.165, 1.54) is 4.57 Å². The van der Waals surface area contributed by atoms with Gasteiger partial charge in [0.05, 0.1) is 10.7 Å². The van der Waals surface area contributed by atoms with Gasteiger partial charge in [0.1, 0.15) is 12.1 Å². The van der Waals surface area contributed by atoms with Crippen LogP contribution in [0.5, 0.6) is 0 Å². The molecule has 142 valence electrons. The second-order valence-electron chi connectivity index (χ2n) is 6.45. The van der Waals surface area contributed by atoms with Crippen LogP contribution in [0.2, 0.25) is 5.02 Å². The minimum Gasteiger partial charge on any atom is -0.337 e. The van der Waals surface area contributed by atoms with Crippen LogP contribution in [0.3, 0.4) is 0 Å². The van der Waals surface area contributed by atoms with Crippen molar-refractivity contribution in [1.29, 1.82) is 0 Å². The van der Waals surface area contributed by atoms with E-state index in [0.717, 1.165) is 11.3 Å². The Hall–Kier alpha value is -3.71. The Balaban J connectivity index is 1.48. The van der Waals surface area contributed by atoms with Crippen LogP contribution >= 0.6 is 11.6 Å². The van der Waals surface area contributed by atoms with Gasteiger partial charge in [0.25, 0.3) is 5.56 Å². The Morgan fingerprint density at radius 2 is 1.79 bits per heavy atom. The molecule has 0 saturated carbocycles. The van der Waals surface area contributed by atoms with Crippen molar-refractivity contribution in [1.82, 2.24) is 24.3 Å². The lowest BCUT2D eigenvalue weighted by Crippen LogP contribution is -2.21. The third-order valence-corrected chi connectivity index (χ3v) is 4.89. The fourth-order valence-corrected chi connectivity index (χ4v) is 3.34. The van der Waals surface area contributed by atoms with Crippen LogP contribution in [-0.4, -0.2) is 24.3 Å². The van der Waals surface area contributed by atoms with Crippen LogP contribution in [0.25, 0.3) is 28.2 Å². The lowest BCUT2D eigenvalue weighted by molar-refractivity contribution is 0.370. The minimum atomic E-state index is -0.195. The molecule has 0 amide bonds. The van der Waals surface area contributed by atoms with Gasteiger partial charge in [-0.1, -0.05) is 59.2 Å². The zero-order valence-electron chi connectivity index (χ0n) is 15.1. The van der Waals surface area contributed by atoms with Gasteiger partial charge >= 0.3 is 0 Å². The van der Waals surface area contributed by atoms with Gasteiger partial charge in [-0.2, -0.15) is 10.1 Å². The molecule has 5 rings (SSSR count). The van der Waals surface area contributed by atoms with Gasteiger partial charge in [-0.25, -0.2) is 4.52 Å². The zero-order chi connectivity index (χ0) is 19.8. The molecule has 3 heterocycles. The molecule has 2 aromatic carbocycles. The lowest BCUT2D eigenvalue weighted by Gasteiger charge is -2.02. The van der Waals surface area contributed by atoms with Crippen LogP contribution in [0, 0.1) is 0 Å². The first kappa shape index (κ1) is 17.4. The smallest absolute Gasteiger partial charge is 0.277 e. The Morgan fingerprint density at radius 3 is 2.62 bits per heavy atom. The number of aromatic nitrogens is 5. The average Bonchev–Trinajstić information content (AvgIpc) is 3.39. The highest BCUT2D eigenvalue weighted by Crippen LogP contribution is 2.25. The first-order valence-corrected chi connectivity index (χ1v) is 9.28. The van der Waals surface area contributed by atoms with E-state index in [1.54, 1.807) is 29.0 Å². The third kappa shape index (κ3) is 3.21. The molecule has 3 aromatic heterocycles. The number of nitrogens with zero attached hydrogens (tertiary/aromatic N) is 5. The van der Waals surface area contributed by atoms with E-state index in [2.05, 4.69) is 15.2 Å². The SMILES string of the molecule is O=c1c2cc(-c3ccccc3)nn2ccn1Cc1nc(-c2ccccc2Cl)no1. The van der Waals surface area contributed by atoms with Crippen LogP contribution in [0.15, 0.2) is 82.4 Å². The minimum absolute atomic E-state index is 0.151. The second kappa shape index (κ2) is 7.03. The summed E-state index contributed by atoms with van der Waals surface area (Å²) >= 11 is 6.19. The zero-order valence-corrected chi connectivity index (χ0v) is 15.8. The molecule has 0 saturated heterocycles. The normalized spacial score (nSPS) is 11.2. The first-order chi connectivity index (χ1) is 14.2. The van der Waals surface area contributed by atoms with Crippen molar-refractivity contribution in [2.75, 3.05) is 0 Å². The predicted octanol–water partition coefficient (Wildman–Crippen LogP) is 3.91. The van der Waals surface area contributed by atoms with Gasteiger partial charge in [-0.15, -0.1) is 0 Å². The molecule has 0 fully saturated rings. The highest BCUT2D eigenvalue weighted by Gasteiger charge is 2.14. The summed E-state index contributed by atoms with van der Waals surface area (Å²) in [6.07, 6.45) is 3.38. The summed E-state index contributed by atoms with van der Waals surface area (Å²) in [4.78, 5) is 17.3. The summed E-state index contributed by atoms with van der Waals surface area (Å²) in [5.41, 5.74) is 2.63. The lowest BCUT2D eigenvalue weighted by atomic mass is 10.1. The second-order valence-corrected chi connectivity index (χ2v) is 6.86. The van der Waals surface area contributed by atoms with Crippen molar-refractivity contribution in [2.45, 2.75) is 6.54 Å². The summed E-state index contributed by atoms with van der Waals surface area (Å²) in [5, 5.41) is 8.99. The number of hydrogen-bond donors (Lipinski definition) is 0. The molecule has 0 spiro atoms. The van der Waals surface area contributed by atoms with Crippen molar-refractivity contribution in [3.8, 4) is 22.6 Å². The van der Waals surface area contributed by atoms with Crippen molar-refractivity contribution in [2.24, 2.45) is 0 Å². The van der Waals surface area contributed by atoms with Crippen molar-refractivity contribution in [3.05, 3.63) is 94.3 Å². The summed E-state index contributed by atoms with van der Waals surface area (Å²) in [5.74, 6) is 0.699. The van der Waals surface area contributed by atoms with E-state index in [1.807, 2.05) is 48.5 Å². The molecule has 5 aromatic rings. The molecule has 0 atom stereocenters. The Kier molecular flexibility index (Phi) is 4.22. The summed E-state index contributed by atoms with van der Waals surface area (Å²) in [7, 11) is 0. The Bertz CT molecular complexity index is 1370. The maximum Gasteiger partial charge on any atom is 0.277 e. The topological polar surface area (TPSA) is 78.2 Å². The summed E-state index contributed by atoms with van der Waals surface area (Å²) < 4.78 is 8.40. The van der Waals surface area contributed by atoms with Crippen molar-refractivity contribution >= 4 is 17.1 Å². The van der Waals surface area contributed by atoms with E-state index in [4.69, 9.17) is 16.1 Å². The van der Waals surface area contributed by atoms with E-state index >= 15 is 0 Å². The molecule has 0 aliphatic heterocycles. The Morgan fingerprint density at radius 1 is 1.00 bits per heavy atom. The quantitative estimate of drug-likeness (QED) is 0.454. The molecule has 29 heavy (non-hydrogen) atoms. The fourth-order valence-electron chi connectivity index (χ4n) is 3.12. The molecule has 0 unspecified atom stereocenters. The Labute approximate surface area is 169 Å². The van der Waals surface area contributed by atoms with E-state index < -0.39 is 0 Å². The largest absolute Gasteiger partial charge is 0.337 e. The van der Waals surface area contributed by atoms with Crippen LogP contribution in [0.4, 0.5) is 0 Å². The number of halogens is 1. The fraction of sp³-hybridized carbons (Fsp3) is 0.0476. The monoisotopic (exact) mass is 403 g/mol. The van der Waals surface area contributed by atoms with Crippen LogP contribution < -0.4 is 5.56 Å². The maximum atomic E-state index is 12.9. The molecule has 0 N–H and O–H groups in total. The average molecular weight is 404 g/mol. The first-order valence-electron chi connectivity index (χ1n) is 8.91. The van der Waals surface area contributed by atoms with Crippen molar-refractivity contribution in [3.63, 3.8) is 0 Å². The molecule has 0 aliphatic carbocycles. The highest BCUT2D eigenvalue weighted by atomic mass is 35.5. The van der Waals surface area contributed by atoms with Gasteiger partial charge in [0, 0.05) is 23.5 Å². The number of benzene rings is 2. The molecule has 7 nitrogen and oxygen atoms in total. The molecular weight excluding hydrogens is 390 g/mol. The summed E-state index contributed by atoms with van der Waals surface area (Å²) in [6, 6.07) is 18.7. The van der Waals surface area contributed by atoms with Gasteiger partial charge in [0.2, 0.25) is 11.7 Å². The van der Waals surface area contributed by atoms with Gasteiger partial charge < -0.3 is 9.09 Å². The van der Waals surface area contributed by atoms with Gasteiger partial charge in [-0.3, -0.25) is 4.79 Å². The van der Waals surface area contributed by atoms with Gasteiger partial charge in [0.15, 0.2) is 0 Å². The maximum absolute atomic E-state index is 12.9. The third-order valence-electron chi connectivity index (χ3n) is 4.56. The van der Waals surface area contributed by atoms with Crippen LogP contribution in [-0.2, 0) is 6.54 Å². The number of hydrogen-bond acceptors (Lipinski definition) is 5.